The third-order valence-corrected chi connectivity index (χ3v) is 5.42. The number of pyridine rings is 1. The van der Waals surface area contributed by atoms with E-state index in [0.29, 0.717) is 13.1 Å². The summed E-state index contributed by atoms with van der Waals surface area (Å²) in [5.41, 5.74) is -0.908. The number of nitrogens with one attached hydrogen (secondary N) is 1. The van der Waals surface area contributed by atoms with Gasteiger partial charge >= 0.3 is 6.18 Å². The van der Waals surface area contributed by atoms with Crippen LogP contribution in [0.15, 0.2) is 36.5 Å². The third-order valence-electron chi connectivity index (χ3n) is 5.13. The number of likely N-dealkylation sites (N-methyl/N-ethyl adjacent to an activating group) is 1. The minimum absolute atomic E-state index is 0.0175. The van der Waals surface area contributed by atoms with E-state index in [9.17, 15) is 22.8 Å². The predicted octanol–water partition coefficient (Wildman–Crippen LogP) is 3.44. The molecular formula is C21H22ClF3N4O3. The van der Waals surface area contributed by atoms with Gasteiger partial charge in [0.05, 0.1) is 17.1 Å². The molecule has 0 radical (unpaired) electrons. The van der Waals surface area contributed by atoms with Crippen LogP contribution < -0.4 is 10.1 Å². The smallest absolute Gasteiger partial charge is 0.416 e. The first-order valence-electron chi connectivity index (χ1n) is 9.78. The summed E-state index contributed by atoms with van der Waals surface area (Å²) in [5.74, 6) is -1.05. The highest BCUT2D eigenvalue weighted by atomic mass is 35.5. The summed E-state index contributed by atoms with van der Waals surface area (Å²) < 4.78 is 44.0. The number of alkyl halides is 3. The minimum atomic E-state index is -4.55. The fourth-order valence-corrected chi connectivity index (χ4v) is 3.48. The molecule has 1 unspecified atom stereocenters. The van der Waals surface area contributed by atoms with E-state index in [0.717, 1.165) is 24.6 Å². The lowest BCUT2D eigenvalue weighted by molar-refractivity contribution is -0.137. The Balaban J connectivity index is 1.66. The van der Waals surface area contributed by atoms with Crippen LogP contribution in [0.2, 0.25) is 5.02 Å². The second kappa shape index (κ2) is 9.74. The molecule has 0 spiro atoms. The molecule has 1 aliphatic heterocycles. The Hall–Kier alpha value is -2.85. The van der Waals surface area contributed by atoms with Crippen LogP contribution >= 0.6 is 11.6 Å². The van der Waals surface area contributed by atoms with Gasteiger partial charge in [-0.1, -0.05) is 11.6 Å². The average Bonchev–Trinajstić information content (AvgIpc) is 3.23. The van der Waals surface area contributed by atoms with Crippen molar-refractivity contribution in [2.75, 3.05) is 33.7 Å². The molecule has 1 fully saturated rings. The quantitative estimate of drug-likeness (QED) is 0.700. The van der Waals surface area contributed by atoms with Crippen LogP contribution in [0.4, 0.5) is 13.2 Å². The van der Waals surface area contributed by atoms with Gasteiger partial charge in [0.25, 0.3) is 5.91 Å². The Bertz CT molecular complexity index is 1000. The van der Waals surface area contributed by atoms with Gasteiger partial charge < -0.3 is 19.9 Å². The van der Waals surface area contributed by atoms with Crippen LogP contribution in [0.25, 0.3) is 0 Å². The van der Waals surface area contributed by atoms with E-state index in [1.165, 1.54) is 18.3 Å². The van der Waals surface area contributed by atoms with Crippen LogP contribution in [0, 0.1) is 0 Å². The van der Waals surface area contributed by atoms with Crippen molar-refractivity contribution >= 4 is 23.4 Å². The van der Waals surface area contributed by atoms with Gasteiger partial charge in [-0.2, -0.15) is 13.2 Å². The van der Waals surface area contributed by atoms with Crippen LogP contribution in [-0.2, 0) is 11.0 Å². The zero-order chi connectivity index (χ0) is 23.5. The number of aromatic nitrogens is 1. The zero-order valence-corrected chi connectivity index (χ0v) is 18.2. The Morgan fingerprint density at radius 1 is 1.31 bits per heavy atom. The molecule has 1 N–H and O–H groups in total. The summed E-state index contributed by atoms with van der Waals surface area (Å²) in [5, 5.41) is 2.26. The first-order valence-corrected chi connectivity index (χ1v) is 10.2. The number of hydrogen-bond acceptors (Lipinski definition) is 5. The van der Waals surface area contributed by atoms with Crippen molar-refractivity contribution in [3.63, 3.8) is 0 Å². The van der Waals surface area contributed by atoms with Gasteiger partial charge in [-0.25, -0.2) is 4.98 Å². The van der Waals surface area contributed by atoms with Crippen LogP contribution in [0.1, 0.15) is 22.3 Å². The van der Waals surface area contributed by atoms with Crippen LogP contribution in [0.3, 0.4) is 0 Å². The van der Waals surface area contributed by atoms with Gasteiger partial charge in [0.2, 0.25) is 11.8 Å². The van der Waals surface area contributed by atoms with E-state index in [-0.39, 0.29) is 40.7 Å². The lowest BCUT2D eigenvalue weighted by atomic mass is 10.2. The highest BCUT2D eigenvalue weighted by Gasteiger charge is 2.31. The number of benzene rings is 1. The molecule has 3 rings (SSSR count). The molecule has 32 heavy (non-hydrogen) atoms. The summed E-state index contributed by atoms with van der Waals surface area (Å²) in [6.07, 6.45) is -2.32. The largest absolute Gasteiger partial charge is 0.437 e. The van der Waals surface area contributed by atoms with Gasteiger partial charge in [0.15, 0.2) is 0 Å². The topological polar surface area (TPSA) is 74.8 Å². The number of rotatable bonds is 6. The predicted molar refractivity (Wildman–Crippen MR) is 112 cm³/mol. The van der Waals surface area contributed by atoms with E-state index < -0.39 is 17.6 Å². The van der Waals surface area contributed by atoms with Gasteiger partial charge in [0.1, 0.15) is 11.3 Å². The van der Waals surface area contributed by atoms with Gasteiger partial charge in [0, 0.05) is 25.3 Å². The van der Waals surface area contributed by atoms with E-state index in [4.69, 9.17) is 16.3 Å². The van der Waals surface area contributed by atoms with Crippen LogP contribution in [-0.4, -0.2) is 66.4 Å². The van der Waals surface area contributed by atoms with Gasteiger partial charge in [-0.05, 0) is 50.8 Å². The van der Waals surface area contributed by atoms with E-state index >= 15 is 0 Å². The normalized spacial score (nSPS) is 16.3. The molecule has 7 nitrogen and oxygen atoms in total. The summed E-state index contributed by atoms with van der Waals surface area (Å²) in [6.45, 7) is 1.01. The molecule has 172 valence electrons. The first kappa shape index (κ1) is 23.8. The van der Waals surface area contributed by atoms with Crippen LogP contribution in [0.5, 0.6) is 11.6 Å². The molecule has 2 aromatic rings. The summed E-state index contributed by atoms with van der Waals surface area (Å²) in [6, 6.07) is 5.81. The number of likely N-dealkylation sites (tertiary alicyclic amines) is 1. The number of amides is 2. The van der Waals surface area contributed by atoms with Crippen molar-refractivity contribution in [3.05, 3.63) is 52.7 Å². The number of carbonyl (C=O) groups excluding carboxylic acids is 2. The molecule has 2 amide bonds. The molecule has 0 saturated carbocycles. The molecule has 1 aromatic carbocycles. The molecular weight excluding hydrogens is 449 g/mol. The molecule has 2 heterocycles. The number of halogens is 4. The maximum absolute atomic E-state index is 12.8. The number of carbonyl (C=O) groups is 2. The summed E-state index contributed by atoms with van der Waals surface area (Å²) in [7, 11) is 3.90. The molecule has 1 saturated heterocycles. The van der Waals surface area contributed by atoms with Crippen molar-refractivity contribution in [1.29, 1.82) is 0 Å². The Morgan fingerprint density at radius 2 is 2.06 bits per heavy atom. The molecule has 0 aliphatic carbocycles. The second-order valence-corrected chi connectivity index (χ2v) is 7.94. The Morgan fingerprint density at radius 3 is 2.69 bits per heavy atom. The Labute approximate surface area is 188 Å². The fraction of sp³-hybridized carbons (Fsp3) is 0.381. The van der Waals surface area contributed by atoms with Crippen molar-refractivity contribution in [2.24, 2.45) is 0 Å². The van der Waals surface area contributed by atoms with Crippen molar-refractivity contribution in [2.45, 2.75) is 18.6 Å². The lowest BCUT2D eigenvalue weighted by Gasteiger charge is -2.20. The van der Waals surface area contributed by atoms with Gasteiger partial charge in [-0.15, -0.1) is 0 Å². The maximum atomic E-state index is 12.8. The maximum Gasteiger partial charge on any atom is 0.416 e. The van der Waals surface area contributed by atoms with Crippen molar-refractivity contribution in [3.8, 4) is 11.6 Å². The van der Waals surface area contributed by atoms with E-state index in [2.05, 4.69) is 15.2 Å². The first-order chi connectivity index (χ1) is 15.1. The van der Waals surface area contributed by atoms with E-state index in [1.54, 1.807) is 4.90 Å². The monoisotopic (exact) mass is 470 g/mol. The standard InChI is InChI=1S/C21H22ClF3N4O3/c1-28(2)14-7-9-29(12-14)18(30)11-27-19(31)15-4-3-8-26-20(15)32-17-6-5-13(10-16(17)22)21(23,24)25/h3-6,8,10,14H,7,9,11-12H2,1-2H3,(H,27,31). The molecule has 0 bridgehead atoms. The van der Waals surface area contributed by atoms with E-state index in [1.807, 2.05) is 14.1 Å². The second-order valence-electron chi connectivity index (χ2n) is 7.53. The number of hydrogen-bond donors (Lipinski definition) is 1. The molecule has 1 aliphatic rings. The number of nitrogens with zero attached hydrogens (tertiary/aromatic N) is 3. The summed E-state index contributed by atoms with van der Waals surface area (Å²) in [4.78, 5) is 32.8. The van der Waals surface area contributed by atoms with Crippen molar-refractivity contribution < 1.29 is 27.5 Å². The fourth-order valence-electron chi connectivity index (χ4n) is 3.26. The number of ether oxygens (including phenoxy) is 1. The highest BCUT2D eigenvalue weighted by Crippen LogP contribution is 2.36. The molecule has 1 atom stereocenters. The highest BCUT2D eigenvalue weighted by molar-refractivity contribution is 6.32. The average molecular weight is 471 g/mol. The van der Waals surface area contributed by atoms with Crippen molar-refractivity contribution in [1.82, 2.24) is 20.1 Å². The molecule has 1 aromatic heterocycles. The Kier molecular flexibility index (Phi) is 7.25. The lowest BCUT2D eigenvalue weighted by Crippen LogP contribution is -2.40. The molecule has 11 heteroatoms. The zero-order valence-electron chi connectivity index (χ0n) is 17.4. The van der Waals surface area contributed by atoms with Gasteiger partial charge in [-0.3, -0.25) is 9.59 Å². The third kappa shape index (κ3) is 5.68. The minimum Gasteiger partial charge on any atom is -0.437 e. The SMILES string of the molecule is CN(C)C1CCN(C(=O)CNC(=O)c2cccnc2Oc2ccc(C(F)(F)F)cc2Cl)C1. The summed E-state index contributed by atoms with van der Waals surface area (Å²) >= 11 is 5.92.